The molecule has 1 aromatic carbocycles. The van der Waals surface area contributed by atoms with Crippen LogP contribution in [0.15, 0.2) is 28.7 Å². The molecular formula is C18H24BrClN4O. The van der Waals surface area contributed by atoms with E-state index in [1.165, 1.54) is 0 Å². The van der Waals surface area contributed by atoms with Crippen LogP contribution in [-0.2, 0) is 12.8 Å². The minimum Gasteiger partial charge on any atom is -0.351 e. The summed E-state index contributed by atoms with van der Waals surface area (Å²) in [6, 6.07) is 8.10. The summed E-state index contributed by atoms with van der Waals surface area (Å²) in [7, 11) is 0. The summed E-state index contributed by atoms with van der Waals surface area (Å²) in [5.74, 6) is -0.0949. The Labute approximate surface area is 162 Å². The quantitative estimate of drug-likeness (QED) is 0.768. The van der Waals surface area contributed by atoms with Gasteiger partial charge in [0.25, 0.3) is 5.91 Å². The van der Waals surface area contributed by atoms with Crippen LogP contribution in [-0.4, -0.2) is 28.3 Å². The number of rotatable bonds is 5. The smallest absolute Gasteiger partial charge is 0.272 e. The molecule has 1 amide bonds. The van der Waals surface area contributed by atoms with E-state index in [1.807, 2.05) is 35.9 Å². The molecular weight excluding hydrogens is 404 g/mol. The molecule has 0 spiro atoms. The van der Waals surface area contributed by atoms with E-state index in [0.29, 0.717) is 12.2 Å². The van der Waals surface area contributed by atoms with Crippen molar-refractivity contribution >= 4 is 34.2 Å². The summed E-state index contributed by atoms with van der Waals surface area (Å²) in [5, 5.41) is 7.61. The van der Waals surface area contributed by atoms with Gasteiger partial charge < -0.3 is 11.1 Å². The van der Waals surface area contributed by atoms with Crippen LogP contribution in [0.1, 0.15) is 47.9 Å². The fourth-order valence-electron chi connectivity index (χ4n) is 3.10. The second-order valence-corrected chi connectivity index (χ2v) is 7.31. The number of carbonyl (C=O) groups is 1. The number of benzene rings is 1. The normalized spacial score (nSPS) is 14.4. The number of nitrogens with two attached hydrogens (primary N) is 1. The SMILES string of the molecule is CC(N)CCNC(=O)c1nn(-c2cccc(Br)c2)c2c1CCCC2.Cl. The molecule has 1 atom stereocenters. The minimum absolute atomic E-state index is 0. The minimum atomic E-state index is -0.0949. The number of hydrogen-bond acceptors (Lipinski definition) is 3. The molecule has 1 aliphatic rings. The molecule has 0 fully saturated rings. The van der Waals surface area contributed by atoms with Crippen molar-refractivity contribution in [2.45, 2.75) is 45.1 Å². The molecule has 0 saturated heterocycles. The first-order valence-electron chi connectivity index (χ1n) is 8.46. The van der Waals surface area contributed by atoms with Gasteiger partial charge in [0.2, 0.25) is 0 Å². The lowest BCUT2D eigenvalue weighted by atomic mass is 9.95. The van der Waals surface area contributed by atoms with Crippen LogP contribution in [0.25, 0.3) is 5.69 Å². The topological polar surface area (TPSA) is 72.9 Å². The highest BCUT2D eigenvalue weighted by atomic mass is 79.9. The molecule has 1 unspecified atom stereocenters. The van der Waals surface area contributed by atoms with Gasteiger partial charge in [-0.3, -0.25) is 4.79 Å². The molecule has 0 saturated carbocycles. The van der Waals surface area contributed by atoms with Crippen LogP contribution in [0.2, 0.25) is 0 Å². The number of hydrogen-bond donors (Lipinski definition) is 2. The molecule has 3 N–H and O–H groups in total. The van der Waals surface area contributed by atoms with Crippen LogP contribution < -0.4 is 11.1 Å². The van der Waals surface area contributed by atoms with Crippen LogP contribution in [0, 0.1) is 0 Å². The number of halogens is 2. The largest absolute Gasteiger partial charge is 0.351 e. The molecule has 2 aromatic rings. The molecule has 136 valence electrons. The standard InChI is InChI=1S/C18H23BrN4O.ClH/c1-12(20)9-10-21-18(24)17-15-7-2-3-8-16(15)23(22-17)14-6-4-5-13(19)11-14;/h4-6,11-12H,2-3,7-10,20H2,1H3,(H,21,24);1H. The molecule has 1 aromatic heterocycles. The summed E-state index contributed by atoms with van der Waals surface area (Å²) in [6.45, 7) is 2.52. The van der Waals surface area contributed by atoms with Crippen molar-refractivity contribution in [3.8, 4) is 5.69 Å². The van der Waals surface area contributed by atoms with Gasteiger partial charge >= 0.3 is 0 Å². The van der Waals surface area contributed by atoms with Crippen molar-refractivity contribution in [3.63, 3.8) is 0 Å². The highest BCUT2D eigenvalue weighted by Gasteiger charge is 2.25. The van der Waals surface area contributed by atoms with Crippen molar-refractivity contribution in [1.82, 2.24) is 15.1 Å². The van der Waals surface area contributed by atoms with Gasteiger partial charge in [0.15, 0.2) is 5.69 Å². The second kappa shape index (κ2) is 8.83. The summed E-state index contributed by atoms with van der Waals surface area (Å²) >= 11 is 3.51. The van der Waals surface area contributed by atoms with E-state index in [9.17, 15) is 4.79 Å². The van der Waals surface area contributed by atoms with Gasteiger partial charge in [-0.05, 0) is 57.2 Å². The van der Waals surface area contributed by atoms with Crippen molar-refractivity contribution < 1.29 is 4.79 Å². The van der Waals surface area contributed by atoms with Crippen LogP contribution in [0.3, 0.4) is 0 Å². The molecule has 0 radical (unpaired) electrons. The van der Waals surface area contributed by atoms with Crippen molar-refractivity contribution in [2.75, 3.05) is 6.54 Å². The van der Waals surface area contributed by atoms with Crippen molar-refractivity contribution in [1.29, 1.82) is 0 Å². The Bertz CT molecular complexity index is 745. The van der Waals surface area contributed by atoms with Gasteiger partial charge in [0.05, 0.1) is 5.69 Å². The van der Waals surface area contributed by atoms with Crippen molar-refractivity contribution in [2.24, 2.45) is 5.73 Å². The number of nitrogens with one attached hydrogen (secondary N) is 1. The zero-order valence-corrected chi connectivity index (χ0v) is 16.7. The Kier molecular flexibility index (Phi) is 7.04. The molecule has 0 bridgehead atoms. The zero-order valence-electron chi connectivity index (χ0n) is 14.3. The maximum Gasteiger partial charge on any atom is 0.272 e. The summed E-state index contributed by atoms with van der Waals surface area (Å²) in [6.07, 6.45) is 4.89. The maximum absolute atomic E-state index is 12.6. The lowest BCUT2D eigenvalue weighted by molar-refractivity contribution is 0.0946. The van der Waals surface area contributed by atoms with E-state index >= 15 is 0 Å². The third-order valence-electron chi connectivity index (χ3n) is 4.33. The van der Waals surface area contributed by atoms with Crippen LogP contribution in [0.5, 0.6) is 0 Å². The summed E-state index contributed by atoms with van der Waals surface area (Å²) in [4.78, 5) is 12.6. The number of fused-ring (bicyclic) bond motifs is 1. The maximum atomic E-state index is 12.6. The monoisotopic (exact) mass is 426 g/mol. The Morgan fingerprint density at radius 1 is 1.40 bits per heavy atom. The van der Waals surface area contributed by atoms with Gasteiger partial charge in [-0.25, -0.2) is 4.68 Å². The van der Waals surface area contributed by atoms with E-state index in [2.05, 4.69) is 26.3 Å². The molecule has 5 nitrogen and oxygen atoms in total. The first-order valence-corrected chi connectivity index (χ1v) is 9.26. The van der Waals surface area contributed by atoms with Crippen LogP contribution in [0.4, 0.5) is 0 Å². The fraction of sp³-hybridized carbons (Fsp3) is 0.444. The predicted molar refractivity (Wildman–Crippen MR) is 106 cm³/mol. The highest BCUT2D eigenvalue weighted by molar-refractivity contribution is 9.10. The van der Waals surface area contributed by atoms with Gasteiger partial charge in [-0.2, -0.15) is 5.10 Å². The molecule has 3 rings (SSSR count). The zero-order chi connectivity index (χ0) is 17.1. The Hall–Kier alpha value is -1.37. The molecule has 7 heteroatoms. The highest BCUT2D eigenvalue weighted by Crippen LogP contribution is 2.27. The van der Waals surface area contributed by atoms with Gasteiger partial charge in [0, 0.05) is 28.3 Å². The molecule has 1 aliphatic carbocycles. The fourth-order valence-corrected chi connectivity index (χ4v) is 3.49. The van der Waals surface area contributed by atoms with Gasteiger partial charge in [-0.1, -0.05) is 22.0 Å². The lowest BCUT2D eigenvalue weighted by Crippen LogP contribution is -2.30. The molecule has 0 aliphatic heterocycles. The average Bonchev–Trinajstić information content (AvgIpc) is 2.94. The number of aromatic nitrogens is 2. The van der Waals surface area contributed by atoms with Crippen molar-refractivity contribution in [3.05, 3.63) is 45.7 Å². The van der Waals surface area contributed by atoms with E-state index in [1.54, 1.807) is 0 Å². The third kappa shape index (κ3) is 4.63. The number of carbonyl (C=O) groups excluding carboxylic acids is 1. The first-order chi connectivity index (χ1) is 11.6. The molecule has 25 heavy (non-hydrogen) atoms. The second-order valence-electron chi connectivity index (χ2n) is 6.39. The van der Waals surface area contributed by atoms with Crippen LogP contribution >= 0.6 is 28.3 Å². The Morgan fingerprint density at radius 3 is 2.88 bits per heavy atom. The molecule has 1 heterocycles. The first kappa shape index (κ1) is 19.9. The number of amides is 1. The van der Waals surface area contributed by atoms with Gasteiger partial charge in [-0.15, -0.1) is 12.4 Å². The van der Waals surface area contributed by atoms with E-state index < -0.39 is 0 Å². The average molecular weight is 428 g/mol. The lowest BCUT2D eigenvalue weighted by Gasteiger charge is -2.14. The Balaban J connectivity index is 0.00000225. The Morgan fingerprint density at radius 2 is 2.16 bits per heavy atom. The van der Waals surface area contributed by atoms with E-state index in [0.717, 1.165) is 53.5 Å². The predicted octanol–water partition coefficient (Wildman–Crippen LogP) is 3.40. The summed E-state index contributed by atoms with van der Waals surface area (Å²) < 4.78 is 2.93. The summed E-state index contributed by atoms with van der Waals surface area (Å²) in [5.41, 5.74) is 9.56. The van der Waals surface area contributed by atoms with Gasteiger partial charge in [0.1, 0.15) is 0 Å². The number of nitrogens with zero attached hydrogens (tertiary/aromatic N) is 2. The van der Waals surface area contributed by atoms with E-state index in [4.69, 9.17) is 5.73 Å². The third-order valence-corrected chi connectivity index (χ3v) is 4.83. The van der Waals surface area contributed by atoms with E-state index in [-0.39, 0.29) is 24.4 Å².